The number of hydrogen-bond acceptors (Lipinski definition) is 2. The molecule has 70 valence electrons. The molecule has 0 aliphatic carbocycles. The summed E-state index contributed by atoms with van der Waals surface area (Å²) in [5.41, 5.74) is 0.390. The van der Waals surface area contributed by atoms with Crippen LogP contribution in [0, 0.1) is 29.9 Å². The summed E-state index contributed by atoms with van der Waals surface area (Å²) < 4.78 is 30.9. The van der Waals surface area contributed by atoms with E-state index < -0.39 is 11.6 Å². The van der Waals surface area contributed by atoms with Gasteiger partial charge in [0, 0.05) is 17.0 Å². The molecule has 1 aromatic heterocycles. The molecule has 0 aliphatic heterocycles. The molecule has 0 unspecified atom stereocenters. The molecule has 14 heavy (non-hydrogen) atoms. The van der Waals surface area contributed by atoms with Crippen LogP contribution in [0.25, 0.3) is 11.0 Å². The van der Waals surface area contributed by atoms with Crippen molar-refractivity contribution in [1.29, 1.82) is 5.26 Å². The summed E-state index contributed by atoms with van der Waals surface area (Å²) in [5, 5.41) is 8.92. The van der Waals surface area contributed by atoms with Crippen molar-refractivity contribution in [2.24, 2.45) is 0 Å². The Kier molecular flexibility index (Phi) is 1.74. The van der Waals surface area contributed by atoms with Crippen molar-refractivity contribution in [1.82, 2.24) is 0 Å². The van der Waals surface area contributed by atoms with Gasteiger partial charge in [0.05, 0.1) is 0 Å². The molecular weight excluding hydrogens is 188 g/mol. The van der Waals surface area contributed by atoms with E-state index in [4.69, 9.17) is 9.68 Å². The molecule has 0 N–H and O–H groups in total. The molecule has 1 heterocycles. The monoisotopic (exact) mass is 193 g/mol. The normalized spacial score (nSPS) is 10.4. The summed E-state index contributed by atoms with van der Waals surface area (Å²) in [6.45, 7) is 1.59. The van der Waals surface area contributed by atoms with E-state index in [-0.39, 0.29) is 11.3 Å². The van der Waals surface area contributed by atoms with Crippen molar-refractivity contribution in [3.63, 3.8) is 0 Å². The number of benzene rings is 1. The number of fused-ring (bicyclic) bond motifs is 1. The van der Waals surface area contributed by atoms with E-state index in [0.717, 1.165) is 12.1 Å². The van der Waals surface area contributed by atoms with E-state index in [2.05, 4.69) is 0 Å². The highest BCUT2D eigenvalue weighted by atomic mass is 19.1. The number of nitrogens with zero attached hydrogens (tertiary/aromatic N) is 1. The van der Waals surface area contributed by atoms with Gasteiger partial charge >= 0.3 is 0 Å². The predicted molar refractivity (Wildman–Crippen MR) is 45.6 cm³/mol. The van der Waals surface area contributed by atoms with Gasteiger partial charge in [-0.2, -0.15) is 5.26 Å². The Morgan fingerprint density at radius 1 is 1.36 bits per heavy atom. The second-order valence-corrected chi connectivity index (χ2v) is 2.93. The zero-order chi connectivity index (χ0) is 10.3. The Bertz CT molecular complexity index is 551. The average Bonchev–Trinajstić information content (AvgIpc) is 2.44. The van der Waals surface area contributed by atoms with Crippen LogP contribution in [-0.4, -0.2) is 0 Å². The summed E-state index contributed by atoms with van der Waals surface area (Å²) in [7, 11) is 0. The second-order valence-electron chi connectivity index (χ2n) is 2.93. The van der Waals surface area contributed by atoms with Crippen LogP contribution in [0.3, 0.4) is 0 Å². The van der Waals surface area contributed by atoms with Gasteiger partial charge in [0.2, 0.25) is 5.76 Å². The minimum atomic E-state index is -0.787. The molecule has 0 radical (unpaired) electrons. The molecule has 2 rings (SSSR count). The molecule has 2 aromatic rings. The maximum absolute atomic E-state index is 13.1. The fourth-order valence-electron chi connectivity index (χ4n) is 1.35. The second kappa shape index (κ2) is 2.81. The number of aryl methyl sites for hydroxylation is 1. The highest BCUT2D eigenvalue weighted by molar-refractivity contribution is 5.83. The highest BCUT2D eigenvalue weighted by Crippen LogP contribution is 2.27. The minimum absolute atomic E-state index is 0.0181. The van der Waals surface area contributed by atoms with Gasteiger partial charge in [-0.1, -0.05) is 0 Å². The summed E-state index contributed by atoms with van der Waals surface area (Å²) >= 11 is 0. The van der Waals surface area contributed by atoms with Crippen molar-refractivity contribution in [2.45, 2.75) is 6.92 Å². The maximum Gasteiger partial charge on any atom is 0.207 e. The first kappa shape index (κ1) is 8.70. The lowest BCUT2D eigenvalue weighted by Gasteiger charge is -1.91. The van der Waals surface area contributed by atoms with Gasteiger partial charge in [-0.25, -0.2) is 8.78 Å². The molecule has 0 spiro atoms. The molecule has 0 amide bonds. The molecule has 1 aromatic carbocycles. The largest absolute Gasteiger partial charge is 0.442 e. The Labute approximate surface area is 78.4 Å². The molecule has 0 atom stereocenters. The van der Waals surface area contributed by atoms with Crippen molar-refractivity contribution >= 4 is 11.0 Å². The lowest BCUT2D eigenvalue weighted by atomic mass is 10.1. The summed E-state index contributed by atoms with van der Waals surface area (Å²) in [4.78, 5) is 0. The third-order valence-electron chi connectivity index (χ3n) is 2.06. The standard InChI is InChI=1S/C10H5F2NO/c1-5-7-2-6(11)3-8(12)10(7)14-9(5)4-13/h2-3H,1H3. The van der Waals surface area contributed by atoms with E-state index in [1.165, 1.54) is 0 Å². The van der Waals surface area contributed by atoms with Crippen LogP contribution in [0.1, 0.15) is 11.3 Å². The van der Waals surface area contributed by atoms with E-state index in [1.807, 2.05) is 0 Å². The number of furan rings is 1. The van der Waals surface area contributed by atoms with Gasteiger partial charge in [0.1, 0.15) is 11.9 Å². The van der Waals surface area contributed by atoms with Gasteiger partial charge in [-0.15, -0.1) is 0 Å². The smallest absolute Gasteiger partial charge is 0.207 e. The third kappa shape index (κ3) is 1.06. The van der Waals surface area contributed by atoms with Gasteiger partial charge in [0.15, 0.2) is 11.4 Å². The average molecular weight is 193 g/mol. The number of halogens is 2. The topological polar surface area (TPSA) is 36.9 Å². The number of nitriles is 1. The van der Waals surface area contributed by atoms with Crippen LogP contribution in [0.5, 0.6) is 0 Å². The van der Waals surface area contributed by atoms with Crippen LogP contribution in [0.2, 0.25) is 0 Å². The fraction of sp³-hybridized carbons (Fsp3) is 0.100. The van der Waals surface area contributed by atoms with Crippen LogP contribution >= 0.6 is 0 Å². The number of rotatable bonds is 0. The first-order valence-corrected chi connectivity index (χ1v) is 3.91. The number of hydrogen-bond donors (Lipinski definition) is 0. The summed E-state index contributed by atoms with van der Waals surface area (Å²) in [5.74, 6) is -1.45. The Hall–Kier alpha value is -1.89. The molecule has 0 bridgehead atoms. The van der Waals surface area contributed by atoms with Gasteiger partial charge < -0.3 is 4.42 Å². The summed E-state index contributed by atoms with van der Waals surface area (Å²) in [6.07, 6.45) is 0. The third-order valence-corrected chi connectivity index (χ3v) is 2.06. The molecule has 0 saturated heterocycles. The van der Waals surface area contributed by atoms with E-state index >= 15 is 0 Å². The van der Waals surface area contributed by atoms with Crippen molar-refractivity contribution in [3.05, 3.63) is 35.1 Å². The van der Waals surface area contributed by atoms with Crippen LogP contribution in [0.4, 0.5) is 8.78 Å². The zero-order valence-electron chi connectivity index (χ0n) is 7.27. The minimum Gasteiger partial charge on any atom is -0.442 e. The van der Waals surface area contributed by atoms with Crippen molar-refractivity contribution < 1.29 is 13.2 Å². The van der Waals surface area contributed by atoms with E-state index in [9.17, 15) is 8.78 Å². The molecule has 2 nitrogen and oxygen atoms in total. The quantitative estimate of drug-likeness (QED) is 0.645. The zero-order valence-corrected chi connectivity index (χ0v) is 7.27. The Morgan fingerprint density at radius 3 is 2.71 bits per heavy atom. The Morgan fingerprint density at radius 2 is 2.07 bits per heavy atom. The van der Waals surface area contributed by atoms with Crippen LogP contribution < -0.4 is 0 Å². The van der Waals surface area contributed by atoms with Crippen molar-refractivity contribution in [3.8, 4) is 6.07 Å². The SMILES string of the molecule is Cc1c(C#N)oc2c(F)cc(F)cc12. The lowest BCUT2D eigenvalue weighted by molar-refractivity contribution is 0.539. The highest BCUT2D eigenvalue weighted by Gasteiger charge is 2.14. The van der Waals surface area contributed by atoms with E-state index in [1.54, 1.807) is 13.0 Å². The van der Waals surface area contributed by atoms with E-state index in [0.29, 0.717) is 10.9 Å². The van der Waals surface area contributed by atoms with Gasteiger partial charge in [-0.05, 0) is 13.0 Å². The fourth-order valence-corrected chi connectivity index (χ4v) is 1.35. The molecule has 0 fully saturated rings. The predicted octanol–water partition coefficient (Wildman–Crippen LogP) is 2.89. The van der Waals surface area contributed by atoms with Crippen molar-refractivity contribution in [2.75, 3.05) is 0 Å². The Balaban J connectivity index is 2.94. The van der Waals surface area contributed by atoms with Gasteiger partial charge in [0.25, 0.3) is 0 Å². The van der Waals surface area contributed by atoms with Crippen LogP contribution in [-0.2, 0) is 0 Å². The summed E-state index contributed by atoms with van der Waals surface area (Å²) in [6, 6.07) is 3.66. The molecule has 0 aliphatic rings. The molecule has 4 heteroatoms. The molecular formula is C10H5F2NO. The first-order chi connectivity index (χ1) is 6.63. The maximum atomic E-state index is 13.1. The van der Waals surface area contributed by atoms with Crippen LogP contribution in [0.15, 0.2) is 16.5 Å². The lowest BCUT2D eigenvalue weighted by Crippen LogP contribution is -1.80. The first-order valence-electron chi connectivity index (χ1n) is 3.91. The molecule has 0 saturated carbocycles. The van der Waals surface area contributed by atoms with Gasteiger partial charge in [-0.3, -0.25) is 0 Å².